The highest BCUT2D eigenvalue weighted by Gasteiger charge is 2.39. The van der Waals surface area contributed by atoms with Gasteiger partial charge in [0.05, 0.1) is 6.54 Å². The summed E-state index contributed by atoms with van der Waals surface area (Å²) in [6, 6.07) is 8.29. The number of carbonyl (C=O) groups excluding carboxylic acids is 1. The largest absolute Gasteiger partial charge is 0.382 e. The van der Waals surface area contributed by atoms with E-state index in [1.807, 2.05) is 17.9 Å². The van der Waals surface area contributed by atoms with Gasteiger partial charge in [0.1, 0.15) is 0 Å². The van der Waals surface area contributed by atoms with Gasteiger partial charge in [-0.1, -0.05) is 25.1 Å². The Labute approximate surface area is 140 Å². The Morgan fingerprint density at radius 2 is 2.13 bits per heavy atom. The molecule has 4 heteroatoms. The van der Waals surface area contributed by atoms with Gasteiger partial charge in [0, 0.05) is 24.4 Å². The van der Waals surface area contributed by atoms with E-state index >= 15 is 0 Å². The third kappa shape index (κ3) is 4.33. The summed E-state index contributed by atoms with van der Waals surface area (Å²) in [6.45, 7) is 11.2. The second-order valence-corrected chi connectivity index (χ2v) is 6.93. The zero-order valence-electron chi connectivity index (χ0n) is 14.9. The van der Waals surface area contributed by atoms with E-state index in [-0.39, 0.29) is 11.4 Å². The molecule has 128 valence electrons. The second-order valence-electron chi connectivity index (χ2n) is 6.93. The number of ether oxygens (including phenoxy) is 1. The van der Waals surface area contributed by atoms with Gasteiger partial charge in [0.15, 0.2) is 0 Å². The molecule has 0 spiro atoms. The number of nitrogens with zero attached hydrogens (tertiary/aromatic N) is 1. The molecule has 2 rings (SSSR count). The number of rotatable bonds is 7. The average molecular weight is 318 g/mol. The minimum Gasteiger partial charge on any atom is -0.382 e. The van der Waals surface area contributed by atoms with Gasteiger partial charge in [-0.2, -0.15) is 0 Å². The smallest absolute Gasteiger partial charge is 0.241 e. The molecule has 0 saturated carbocycles. The molecule has 1 aliphatic heterocycles. The Morgan fingerprint density at radius 1 is 1.39 bits per heavy atom. The van der Waals surface area contributed by atoms with Crippen molar-refractivity contribution in [1.29, 1.82) is 0 Å². The second kappa shape index (κ2) is 7.93. The summed E-state index contributed by atoms with van der Waals surface area (Å²) in [5.41, 5.74) is 2.19. The van der Waals surface area contributed by atoms with Crippen LogP contribution in [0, 0.1) is 0 Å². The molecule has 0 radical (unpaired) electrons. The first-order chi connectivity index (χ1) is 11.0. The predicted octanol–water partition coefficient (Wildman–Crippen LogP) is 3.32. The Balaban J connectivity index is 2.02. The average Bonchev–Trinajstić information content (AvgIpc) is 2.50. The minimum atomic E-state index is -0.155. The highest BCUT2D eigenvalue weighted by atomic mass is 16.5. The van der Waals surface area contributed by atoms with Crippen molar-refractivity contribution in [1.82, 2.24) is 5.32 Å². The lowest BCUT2D eigenvalue weighted by Crippen LogP contribution is -2.54. The fraction of sp³-hybridized carbons (Fsp3) is 0.632. The number of hydrogen-bond donors (Lipinski definition) is 1. The van der Waals surface area contributed by atoms with E-state index in [0.717, 1.165) is 38.3 Å². The van der Waals surface area contributed by atoms with Gasteiger partial charge in [0.2, 0.25) is 5.91 Å². The maximum Gasteiger partial charge on any atom is 0.241 e. The molecule has 0 unspecified atom stereocenters. The Kier molecular flexibility index (Phi) is 6.19. The number of benzene rings is 1. The zero-order chi connectivity index (χ0) is 16.9. The van der Waals surface area contributed by atoms with Crippen LogP contribution in [0.15, 0.2) is 24.3 Å². The predicted molar refractivity (Wildman–Crippen MR) is 95.0 cm³/mol. The zero-order valence-corrected chi connectivity index (χ0v) is 14.9. The van der Waals surface area contributed by atoms with Crippen molar-refractivity contribution in [3.05, 3.63) is 29.8 Å². The topological polar surface area (TPSA) is 41.6 Å². The third-order valence-corrected chi connectivity index (χ3v) is 4.49. The van der Waals surface area contributed by atoms with Crippen LogP contribution in [0.1, 0.15) is 52.0 Å². The van der Waals surface area contributed by atoms with Crippen LogP contribution >= 0.6 is 0 Å². The molecule has 0 aliphatic carbocycles. The van der Waals surface area contributed by atoms with Crippen LogP contribution in [-0.2, 0) is 9.53 Å². The molecule has 1 aromatic rings. The number of amides is 1. The van der Waals surface area contributed by atoms with Crippen molar-refractivity contribution in [2.45, 2.75) is 52.0 Å². The summed E-state index contributed by atoms with van der Waals surface area (Å²) < 4.78 is 5.31. The van der Waals surface area contributed by atoms with E-state index in [4.69, 9.17) is 4.74 Å². The molecule has 1 atom stereocenters. The number of fused-ring (bicyclic) bond motifs is 1. The summed E-state index contributed by atoms with van der Waals surface area (Å²) in [7, 11) is 0. The molecular formula is C19H30N2O2. The fourth-order valence-corrected chi connectivity index (χ4v) is 3.57. The van der Waals surface area contributed by atoms with Gasteiger partial charge in [0.25, 0.3) is 0 Å². The van der Waals surface area contributed by atoms with Gasteiger partial charge in [-0.05, 0) is 57.7 Å². The number of anilines is 1. The molecular weight excluding hydrogens is 288 g/mol. The molecule has 1 heterocycles. The van der Waals surface area contributed by atoms with Crippen LogP contribution in [0.2, 0.25) is 0 Å². The van der Waals surface area contributed by atoms with Gasteiger partial charge in [-0.15, -0.1) is 0 Å². The van der Waals surface area contributed by atoms with Crippen molar-refractivity contribution in [2.24, 2.45) is 0 Å². The summed E-state index contributed by atoms with van der Waals surface area (Å²) in [4.78, 5) is 14.8. The molecule has 1 aromatic carbocycles. The van der Waals surface area contributed by atoms with E-state index in [9.17, 15) is 4.79 Å². The summed E-state index contributed by atoms with van der Waals surface area (Å²) >= 11 is 0. The molecule has 0 saturated heterocycles. The fourth-order valence-electron chi connectivity index (χ4n) is 3.57. The molecule has 1 N–H and O–H groups in total. The highest BCUT2D eigenvalue weighted by molar-refractivity contribution is 5.97. The minimum absolute atomic E-state index is 0.144. The monoisotopic (exact) mass is 318 g/mol. The SMILES string of the molecule is CCOCCCNCC(=O)N1c2ccccc2[C@H](C)CC1(C)C. The van der Waals surface area contributed by atoms with Crippen molar-refractivity contribution in [3.63, 3.8) is 0 Å². The lowest BCUT2D eigenvalue weighted by molar-refractivity contribution is -0.119. The van der Waals surface area contributed by atoms with Crippen LogP contribution < -0.4 is 10.2 Å². The van der Waals surface area contributed by atoms with Crippen molar-refractivity contribution >= 4 is 11.6 Å². The van der Waals surface area contributed by atoms with E-state index in [2.05, 4.69) is 44.3 Å². The van der Waals surface area contributed by atoms with Crippen molar-refractivity contribution in [2.75, 3.05) is 31.2 Å². The lowest BCUT2D eigenvalue weighted by atomic mass is 9.80. The van der Waals surface area contributed by atoms with Crippen LogP contribution in [0.4, 0.5) is 5.69 Å². The molecule has 1 aliphatic rings. The number of carbonyl (C=O) groups is 1. The maximum absolute atomic E-state index is 12.8. The highest BCUT2D eigenvalue weighted by Crippen LogP contribution is 2.42. The summed E-state index contributed by atoms with van der Waals surface area (Å²) in [5.74, 6) is 0.621. The molecule has 0 aromatic heterocycles. The van der Waals surface area contributed by atoms with E-state index in [1.165, 1.54) is 5.56 Å². The molecule has 4 nitrogen and oxygen atoms in total. The number of nitrogens with one attached hydrogen (secondary N) is 1. The van der Waals surface area contributed by atoms with Crippen molar-refractivity contribution < 1.29 is 9.53 Å². The quantitative estimate of drug-likeness (QED) is 0.784. The first-order valence-electron chi connectivity index (χ1n) is 8.68. The van der Waals surface area contributed by atoms with E-state index in [0.29, 0.717) is 12.5 Å². The van der Waals surface area contributed by atoms with E-state index in [1.54, 1.807) is 0 Å². The van der Waals surface area contributed by atoms with Crippen LogP contribution in [-0.4, -0.2) is 37.7 Å². The van der Waals surface area contributed by atoms with Gasteiger partial charge in [-0.3, -0.25) is 4.79 Å². The van der Waals surface area contributed by atoms with Gasteiger partial charge >= 0.3 is 0 Å². The molecule has 1 amide bonds. The normalized spacial score (nSPS) is 19.5. The van der Waals surface area contributed by atoms with Gasteiger partial charge in [-0.25, -0.2) is 0 Å². The Hall–Kier alpha value is -1.39. The van der Waals surface area contributed by atoms with Crippen LogP contribution in [0.25, 0.3) is 0 Å². The maximum atomic E-state index is 12.8. The van der Waals surface area contributed by atoms with Gasteiger partial charge < -0.3 is 15.0 Å². The summed E-state index contributed by atoms with van der Waals surface area (Å²) in [6.07, 6.45) is 1.91. The Bertz CT molecular complexity index is 528. The first-order valence-corrected chi connectivity index (χ1v) is 8.68. The Morgan fingerprint density at radius 3 is 2.87 bits per heavy atom. The van der Waals surface area contributed by atoms with Crippen LogP contribution in [0.5, 0.6) is 0 Å². The molecule has 0 bridgehead atoms. The number of hydrogen-bond acceptors (Lipinski definition) is 3. The first kappa shape index (κ1) is 18.0. The number of para-hydroxylation sites is 1. The molecule has 23 heavy (non-hydrogen) atoms. The van der Waals surface area contributed by atoms with Crippen molar-refractivity contribution in [3.8, 4) is 0 Å². The molecule has 0 fully saturated rings. The summed E-state index contributed by atoms with van der Waals surface area (Å²) in [5, 5.41) is 3.25. The van der Waals surface area contributed by atoms with E-state index < -0.39 is 0 Å². The standard InChI is InChI=1S/C19H30N2O2/c1-5-23-12-8-11-20-14-18(22)21-17-10-7-6-9-16(17)15(2)13-19(21,3)4/h6-7,9-10,15,20H,5,8,11-14H2,1-4H3/t15-/m1/s1. The lowest BCUT2D eigenvalue weighted by Gasteiger charge is -2.46. The van der Waals surface area contributed by atoms with Crippen LogP contribution in [0.3, 0.4) is 0 Å². The third-order valence-electron chi connectivity index (χ3n) is 4.49.